The molecule has 1 atom stereocenters. The van der Waals surface area contributed by atoms with Crippen molar-refractivity contribution < 1.29 is 13.0 Å². The fraction of sp³-hybridized carbons (Fsp3) is 0.647. The summed E-state index contributed by atoms with van der Waals surface area (Å²) >= 11 is 0. The van der Waals surface area contributed by atoms with Crippen LogP contribution in [0.15, 0.2) is 24.3 Å². The highest BCUT2D eigenvalue weighted by atomic mass is 32.2. The molecule has 1 N–H and O–H groups in total. The predicted octanol–water partition coefficient (Wildman–Crippen LogP) is 4.93. The summed E-state index contributed by atoms with van der Waals surface area (Å²) in [6.45, 7) is 4.36. The Morgan fingerprint density at radius 1 is 1.00 bits per heavy atom. The van der Waals surface area contributed by atoms with Gasteiger partial charge in [-0.25, -0.2) is 0 Å². The van der Waals surface area contributed by atoms with Gasteiger partial charge in [0.15, 0.2) is 0 Å². The summed E-state index contributed by atoms with van der Waals surface area (Å²) in [5, 5.41) is 0. The minimum atomic E-state index is -3.98. The normalized spacial score (nSPS) is 13.3. The van der Waals surface area contributed by atoms with Gasteiger partial charge in [0.1, 0.15) is 5.75 Å². The second-order valence-corrected chi connectivity index (χ2v) is 7.21. The van der Waals surface area contributed by atoms with Crippen LogP contribution in [0, 0.1) is 0 Å². The van der Waals surface area contributed by atoms with Crippen LogP contribution < -0.4 is 0 Å². The van der Waals surface area contributed by atoms with Crippen molar-refractivity contribution in [3.05, 3.63) is 35.4 Å². The van der Waals surface area contributed by atoms with Crippen molar-refractivity contribution in [3.8, 4) is 0 Å². The van der Waals surface area contributed by atoms with Gasteiger partial charge in [0, 0.05) is 0 Å². The molecule has 21 heavy (non-hydrogen) atoms. The monoisotopic (exact) mass is 312 g/mol. The largest absolute Gasteiger partial charge is 0.285 e. The summed E-state index contributed by atoms with van der Waals surface area (Å²) in [5.41, 5.74) is 1.84. The molecule has 4 heteroatoms. The lowest BCUT2D eigenvalue weighted by molar-refractivity contribution is 0.480. The quantitative estimate of drug-likeness (QED) is 0.492. The number of hydrogen-bond donors (Lipinski definition) is 1. The van der Waals surface area contributed by atoms with Gasteiger partial charge in [0.05, 0.1) is 0 Å². The molecule has 0 saturated heterocycles. The number of hydrogen-bond acceptors (Lipinski definition) is 2. The maximum Gasteiger partial charge on any atom is 0.269 e. The van der Waals surface area contributed by atoms with Gasteiger partial charge in [-0.15, -0.1) is 0 Å². The second kappa shape index (κ2) is 9.21. The van der Waals surface area contributed by atoms with E-state index in [2.05, 4.69) is 13.8 Å². The van der Waals surface area contributed by atoms with Crippen molar-refractivity contribution in [2.75, 3.05) is 0 Å². The fourth-order valence-corrected chi connectivity index (χ4v) is 3.54. The van der Waals surface area contributed by atoms with E-state index in [1.54, 1.807) is 0 Å². The molecule has 0 fully saturated rings. The molecule has 0 aliphatic carbocycles. The van der Waals surface area contributed by atoms with Crippen molar-refractivity contribution in [3.63, 3.8) is 0 Å². The Bertz CT molecular complexity index is 509. The third-order valence-electron chi connectivity index (χ3n) is 3.88. The van der Waals surface area contributed by atoms with Crippen LogP contribution in [-0.4, -0.2) is 13.0 Å². The van der Waals surface area contributed by atoms with E-state index < -0.39 is 10.1 Å². The topological polar surface area (TPSA) is 54.4 Å². The Balaban J connectivity index is 2.86. The molecule has 0 spiro atoms. The van der Waals surface area contributed by atoms with E-state index in [1.165, 1.54) is 25.7 Å². The third-order valence-corrected chi connectivity index (χ3v) is 4.55. The van der Waals surface area contributed by atoms with Crippen molar-refractivity contribution >= 4 is 10.1 Å². The Kier molecular flexibility index (Phi) is 7.97. The van der Waals surface area contributed by atoms with Gasteiger partial charge in [-0.05, 0) is 29.9 Å². The average Bonchev–Trinajstić information content (AvgIpc) is 2.41. The first kappa shape index (κ1) is 18.2. The summed E-state index contributed by atoms with van der Waals surface area (Å²) in [5.74, 6) is 0.114. The molecule has 1 unspecified atom stereocenters. The Morgan fingerprint density at radius 2 is 1.71 bits per heavy atom. The lowest BCUT2D eigenvalue weighted by atomic mass is 9.87. The van der Waals surface area contributed by atoms with Gasteiger partial charge >= 0.3 is 0 Å². The van der Waals surface area contributed by atoms with Gasteiger partial charge in [-0.3, -0.25) is 4.55 Å². The van der Waals surface area contributed by atoms with Crippen LogP contribution in [-0.2, 0) is 15.9 Å². The molecule has 0 aliphatic rings. The molecule has 0 bridgehead atoms. The number of rotatable bonds is 10. The SMILES string of the molecule is CCCCCCC(CCC)c1ccccc1CS(=O)(=O)O. The van der Waals surface area contributed by atoms with E-state index in [-0.39, 0.29) is 5.75 Å². The van der Waals surface area contributed by atoms with Crippen LogP contribution in [0.5, 0.6) is 0 Å². The number of benzene rings is 1. The van der Waals surface area contributed by atoms with Crippen LogP contribution in [0.3, 0.4) is 0 Å². The lowest BCUT2D eigenvalue weighted by Crippen LogP contribution is -2.08. The molecule has 1 aromatic rings. The zero-order valence-corrected chi connectivity index (χ0v) is 14.0. The van der Waals surface area contributed by atoms with Crippen LogP contribution in [0.1, 0.15) is 75.8 Å². The first-order chi connectivity index (χ1) is 9.98. The minimum absolute atomic E-state index is 0.279. The van der Waals surface area contributed by atoms with Crippen LogP contribution in [0.2, 0.25) is 0 Å². The van der Waals surface area contributed by atoms with Crippen molar-refractivity contribution in [2.24, 2.45) is 0 Å². The molecule has 0 aromatic heterocycles. The summed E-state index contributed by atoms with van der Waals surface area (Å²) in [7, 11) is -3.98. The van der Waals surface area contributed by atoms with Crippen molar-refractivity contribution in [1.82, 2.24) is 0 Å². The smallest absolute Gasteiger partial charge is 0.269 e. The molecule has 0 radical (unpaired) electrons. The average molecular weight is 312 g/mol. The van der Waals surface area contributed by atoms with Gasteiger partial charge in [0.25, 0.3) is 10.1 Å². The van der Waals surface area contributed by atoms with Gasteiger partial charge in [-0.1, -0.05) is 70.2 Å². The molecule has 1 rings (SSSR count). The second-order valence-electron chi connectivity index (χ2n) is 5.76. The predicted molar refractivity (Wildman–Crippen MR) is 88.1 cm³/mol. The van der Waals surface area contributed by atoms with E-state index >= 15 is 0 Å². The molecule has 0 saturated carbocycles. The standard InChI is InChI=1S/C17H28O3S/c1-3-5-6-7-11-15(10-4-2)17-13-9-8-12-16(17)14-21(18,19)20/h8-9,12-13,15H,3-7,10-11,14H2,1-2H3,(H,18,19,20). The summed E-state index contributed by atoms with van der Waals surface area (Å²) in [6.07, 6.45) is 8.13. The third kappa shape index (κ3) is 7.09. The molecule has 0 heterocycles. The van der Waals surface area contributed by atoms with Crippen LogP contribution in [0.25, 0.3) is 0 Å². The van der Waals surface area contributed by atoms with E-state index in [1.807, 2.05) is 24.3 Å². The summed E-state index contributed by atoms with van der Waals surface area (Å²) in [4.78, 5) is 0. The first-order valence-corrected chi connectivity index (χ1v) is 9.61. The highest BCUT2D eigenvalue weighted by Crippen LogP contribution is 2.30. The summed E-state index contributed by atoms with van der Waals surface area (Å²) < 4.78 is 31.5. The van der Waals surface area contributed by atoms with E-state index in [9.17, 15) is 8.42 Å². The van der Waals surface area contributed by atoms with Crippen LogP contribution in [0.4, 0.5) is 0 Å². The van der Waals surface area contributed by atoms with Crippen molar-refractivity contribution in [2.45, 2.75) is 70.5 Å². The Labute approximate surface area is 129 Å². The highest BCUT2D eigenvalue weighted by molar-refractivity contribution is 7.85. The molecule has 0 aliphatic heterocycles. The highest BCUT2D eigenvalue weighted by Gasteiger charge is 2.17. The van der Waals surface area contributed by atoms with E-state index in [4.69, 9.17) is 4.55 Å². The number of unbranched alkanes of at least 4 members (excludes halogenated alkanes) is 3. The Morgan fingerprint density at radius 3 is 2.33 bits per heavy atom. The van der Waals surface area contributed by atoms with Gasteiger partial charge in [0.2, 0.25) is 0 Å². The molecule has 0 amide bonds. The maximum absolute atomic E-state index is 11.2. The summed E-state index contributed by atoms with van der Waals surface area (Å²) in [6, 6.07) is 7.63. The van der Waals surface area contributed by atoms with E-state index in [0.29, 0.717) is 5.92 Å². The van der Waals surface area contributed by atoms with Gasteiger partial charge in [-0.2, -0.15) is 8.42 Å². The molecule has 3 nitrogen and oxygen atoms in total. The molecular formula is C17H28O3S. The van der Waals surface area contributed by atoms with Crippen LogP contribution >= 0.6 is 0 Å². The van der Waals surface area contributed by atoms with Crippen molar-refractivity contribution in [1.29, 1.82) is 0 Å². The lowest BCUT2D eigenvalue weighted by Gasteiger charge is -2.20. The molecule has 1 aromatic carbocycles. The zero-order valence-electron chi connectivity index (χ0n) is 13.2. The maximum atomic E-state index is 11.2. The molecule has 120 valence electrons. The van der Waals surface area contributed by atoms with E-state index in [0.717, 1.165) is 30.4 Å². The molecular weight excluding hydrogens is 284 g/mol. The fourth-order valence-electron chi connectivity index (χ4n) is 2.88. The van der Waals surface area contributed by atoms with Gasteiger partial charge < -0.3 is 0 Å². The zero-order chi connectivity index (χ0) is 15.7. The first-order valence-electron chi connectivity index (χ1n) is 8.00. The minimum Gasteiger partial charge on any atom is -0.285 e. The Hall–Kier alpha value is -0.870.